The Morgan fingerprint density at radius 1 is 1.13 bits per heavy atom. The number of aromatic nitrogens is 1. The predicted molar refractivity (Wildman–Crippen MR) is 119 cm³/mol. The highest BCUT2D eigenvalue weighted by molar-refractivity contribution is 7.91. The van der Waals surface area contributed by atoms with E-state index >= 15 is 0 Å². The van der Waals surface area contributed by atoms with Gasteiger partial charge < -0.3 is 11.1 Å². The first-order chi connectivity index (χ1) is 14.2. The van der Waals surface area contributed by atoms with Crippen LogP contribution in [0.2, 0.25) is 0 Å². The lowest BCUT2D eigenvalue weighted by molar-refractivity contribution is 0.103. The number of carbonyl (C=O) groups excluding carboxylic acids is 1. The monoisotopic (exact) mass is 440 g/mol. The lowest BCUT2D eigenvalue weighted by atomic mass is 10.0. The van der Waals surface area contributed by atoms with Gasteiger partial charge in [0.15, 0.2) is 0 Å². The molecule has 6 nitrogen and oxygen atoms in total. The van der Waals surface area contributed by atoms with E-state index in [-0.39, 0.29) is 16.8 Å². The van der Waals surface area contributed by atoms with Crippen LogP contribution in [0.25, 0.3) is 21.2 Å². The maximum atomic E-state index is 13.2. The second-order valence-electron chi connectivity index (χ2n) is 6.78. The molecule has 0 fully saturated rings. The standard InChI is InChI=1S/C21H17FN4O2S2/c1-30(24,28)20-10-18-14(11-25-20)9-19(29-18)21(27)26-17-8-13(4-7-16(17)23)12-2-5-15(22)6-3-12/h2-11,24H,23H2,1H3,(H,26,27). The number of fused-ring (bicyclic) bond motifs is 1. The summed E-state index contributed by atoms with van der Waals surface area (Å²) in [5.41, 5.74) is 8.46. The Morgan fingerprint density at radius 2 is 1.83 bits per heavy atom. The SMILES string of the molecule is CS(=N)(=O)c1cc2sc(C(=O)Nc3cc(-c4ccc(F)cc4)ccc3N)cc2cn1. The molecule has 4 aromatic rings. The first-order valence-electron chi connectivity index (χ1n) is 8.81. The first kappa shape index (κ1) is 20.0. The number of anilines is 2. The van der Waals surface area contributed by atoms with Gasteiger partial charge in [0.1, 0.15) is 10.8 Å². The van der Waals surface area contributed by atoms with Crippen molar-refractivity contribution in [2.75, 3.05) is 17.3 Å². The molecule has 4 rings (SSSR count). The smallest absolute Gasteiger partial charge is 0.265 e. The average Bonchev–Trinajstić information content (AvgIpc) is 3.13. The van der Waals surface area contributed by atoms with Gasteiger partial charge in [-0.3, -0.25) is 4.79 Å². The van der Waals surface area contributed by atoms with Gasteiger partial charge in [-0.25, -0.2) is 18.4 Å². The van der Waals surface area contributed by atoms with Crippen molar-refractivity contribution >= 4 is 48.4 Å². The van der Waals surface area contributed by atoms with Crippen LogP contribution in [0, 0.1) is 10.6 Å². The fourth-order valence-corrected chi connectivity index (χ4v) is 4.55. The summed E-state index contributed by atoms with van der Waals surface area (Å²) in [6, 6.07) is 14.5. The van der Waals surface area contributed by atoms with Crippen molar-refractivity contribution in [2.45, 2.75) is 5.03 Å². The van der Waals surface area contributed by atoms with Crippen LogP contribution in [-0.4, -0.2) is 21.4 Å². The lowest BCUT2D eigenvalue weighted by Gasteiger charge is -2.10. The zero-order valence-corrected chi connectivity index (χ0v) is 17.4. The Hall–Kier alpha value is -3.30. The van der Waals surface area contributed by atoms with E-state index < -0.39 is 9.73 Å². The van der Waals surface area contributed by atoms with Crippen LogP contribution in [0.15, 0.2) is 65.8 Å². The third-order valence-electron chi connectivity index (χ3n) is 4.48. The van der Waals surface area contributed by atoms with Crippen LogP contribution in [0.5, 0.6) is 0 Å². The molecule has 0 saturated heterocycles. The first-order valence-corrected chi connectivity index (χ1v) is 11.6. The predicted octanol–water partition coefficient (Wildman–Crippen LogP) is 4.97. The van der Waals surface area contributed by atoms with E-state index in [1.54, 1.807) is 42.5 Å². The molecule has 1 amide bonds. The molecule has 152 valence electrons. The topological polar surface area (TPSA) is 109 Å². The Kier molecular flexibility index (Phi) is 5.00. The third-order valence-corrected chi connectivity index (χ3v) is 6.60. The zero-order valence-electron chi connectivity index (χ0n) is 15.8. The van der Waals surface area contributed by atoms with Crippen LogP contribution in [0.1, 0.15) is 9.67 Å². The van der Waals surface area contributed by atoms with Gasteiger partial charge >= 0.3 is 0 Å². The molecule has 2 heterocycles. The van der Waals surface area contributed by atoms with E-state index in [2.05, 4.69) is 10.3 Å². The Bertz CT molecular complexity index is 1380. The van der Waals surface area contributed by atoms with Crippen LogP contribution in [-0.2, 0) is 9.73 Å². The number of benzene rings is 2. The van der Waals surface area contributed by atoms with E-state index in [0.29, 0.717) is 16.3 Å². The summed E-state index contributed by atoms with van der Waals surface area (Å²) in [6.45, 7) is 0. The number of rotatable bonds is 4. The van der Waals surface area contributed by atoms with Crippen molar-refractivity contribution in [3.05, 3.63) is 71.5 Å². The highest BCUT2D eigenvalue weighted by Crippen LogP contribution is 2.30. The number of nitrogens with zero attached hydrogens (tertiary/aromatic N) is 1. The molecule has 2 aromatic heterocycles. The fraction of sp³-hybridized carbons (Fsp3) is 0.0476. The molecule has 9 heteroatoms. The summed E-state index contributed by atoms with van der Waals surface area (Å²) >= 11 is 1.22. The minimum Gasteiger partial charge on any atom is -0.397 e. The number of nitrogen functional groups attached to an aromatic ring is 1. The summed E-state index contributed by atoms with van der Waals surface area (Å²) in [5.74, 6) is -0.668. The molecule has 0 radical (unpaired) electrons. The zero-order chi connectivity index (χ0) is 21.5. The molecule has 4 N–H and O–H groups in total. The number of hydrogen-bond acceptors (Lipinski definition) is 6. The number of halogens is 1. The number of nitrogens with one attached hydrogen (secondary N) is 2. The van der Waals surface area contributed by atoms with E-state index in [9.17, 15) is 13.4 Å². The summed E-state index contributed by atoms with van der Waals surface area (Å²) in [4.78, 5) is 17.3. The van der Waals surface area contributed by atoms with Crippen molar-refractivity contribution < 1.29 is 13.4 Å². The maximum Gasteiger partial charge on any atom is 0.265 e. The molecule has 1 atom stereocenters. The Balaban J connectivity index is 1.63. The molecule has 1 unspecified atom stereocenters. The van der Waals surface area contributed by atoms with Gasteiger partial charge in [0.2, 0.25) is 0 Å². The van der Waals surface area contributed by atoms with Gasteiger partial charge in [0.05, 0.1) is 26.0 Å². The minimum atomic E-state index is -2.94. The van der Waals surface area contributed by atoms with Gasteiger partial charge in [-0.05, 0) is 47.5 Å². The van der Waals surface area contributed by atoms with Gasteiger partial charge in [-0.2, -0.15) is 0 Å². The molecule has 0 spiro atoms. The highest BCUT2D eigenvalue weighted by Gasteiger charge is 2.15. The number of amides is 1. The van der Waals surface area contributed by atoms with E-state index in [1.165, 1.54) is 35.9 Å². The maximum absolute atomic E-state index is 13.2. The Morgan fingerprint density at radius 3 is 2.53 bits per heavy atom. The lowest BCUT2D eigenvalue weighted by Crippen LogP contribution is -2.11. The van der Waals surface area contributed by atoms with Crippen LogP contribution >= 0.6 is 11.3 Å². The summed E-state index contributed by atoms with van der Waals surface area (Å²) in [5, 5.41) is 3.72. The molecule has 30 heavy (non-hydrogen) atoms. The van der Waals surface area contributed by atoms with Gasteiger partial charge in [0.25, 0.3) is 5.91 Å². The van der Waals surface area contributed by atoms with Crippen LogP contribution in [0.4, 0.5) is 15.8 Å². The molecule has 0 saturated carbocycles. The van der Waals surface area contributed by atoms with E-state index in [0.717, 1.165) is 21.2 Å². The van der Waals surface area contributed by atoms with Crippen LogP contribution in [0.3, 0.4) is 0 Å². The van der Waals surface area contributed by atoms with Crippen molar-refractivity contribution in [1.82, 2.24) is 4.98 Å². The van der Waals surface area contributed by atoms with Crippen molar-refractivity contribution in [3.63, 3.8) is 0 Å². The molecule has 0 aliphatic heterocycles. The number of nitrogens with two attached hydrogens (primary N) is 1. The van der Waals surface area contributed by atoms with Crippen molar-refractivity contribution in [1.29, 1.82) is 4.78 Å². The minimum absolute atomic E-state index is 0.181. The summed E-state index contributed by atoms with van der Waals surface area (Å²) < 4.78 is 33.5. The Labute approximate surface area is 176 Å². The van der Waals surface area contributed by atoms with Gasteiger partial charge in [-0.1, -0.05) is 18.2 Å². The average molecular weight is 441 g/mol. The number of hydrogen-bond donors (Lipinski definition) is 3. The quantitative estimate of drug-likeness (QED) is 0.389. The molecule has 0 bridgehead atoms. The normalized spacial score (nSPS) is 13.1. The van der Waals surface area contributed by atoms with Gasteiger partial charge in [0, 0.05) is 22.5 Å². The fourth-order valence-electron chi connectivity index (χ4n) is 2.91. The largest absolute Gasteiger partial charge is 0.397 e. The third kappa shape index (κ3) is 4.03. The number of carbonyl (C=O) groups is 1. The second-order valence-corrected chi connectivity index (χ2v) is 9.97. The highest BCUT2D eigenvalue weighted by atomic mass is 32.2. The van der Waals surface area contributed by atoms with Crippen molar-refractivity contribution in [3.8, 4) is 11.1 Å². The molecule has 2 aromatic carbocycles. The van der Waals surface area contributed by atoms with E-state index in [1.807, 2.05) is 0 Å². The molecular weight excluding hydrogens is 423 g/mol. The van der Waals surface area contributed by atoms with Gasteiger partial charge in [-0.15, -0.1) is 11.3 Å². The molecular formula is C21H17FN4O2S2. The number of thiophene rings is 1. The summed E-state index contributed by atoms with van der Waals surface area (Å²) in [6.07, 6.45) is 2.82. The molecule has 0 aliphatic carbocycles. The second kappa shape index (κ2) is 7.51. The van der Waals surface area contributed by atoms with Crippen LogP contribution < -0.4 is 11.1 Å². The van der Waals surface area contributed by atoms with E-state index in [4.69, 9.17) is 10.5 Å². The van der Waals surface area contributed by atoms with Crippen molar-refractivity contribution in [2.24, 2.45) is 0 Å². The molecule has 0 aliphatic rings. The number of pyridine rings is 1. The summed E-state index contributed by atoms with van der Waals surface area (Å²) in [7, 11) is -2.94.